The lowest BCUT2D eigenvalue weighted by Crippen LogP contribution is -2.56. The highest BCUT2D eigenvalue weighted by Gasteiger charge is 2.61. The molecule has 1 saturated carbocycles. The SMILES string of the molecule is C=C[C@@H]1C[C@]1(NC(=O)[C@@H]1C[C@@H]2CN1C(=O)[C@H](CCCC)NC(=O)OCCC/C=C/c1cccc(c1)CO2)C(=O)O. The smallest absolute Gasteiger partial charge is 0.407 e. The number of benzene rings is 1. The molecule has 10 heteroatoms. The third-order valence-electron chi connectivity index (χ3n) is 7.81. The molecule has 0 radical (unpaired) electrons. The summed E-state index contributed by atoms with van der Waals surface area (Å²) in [6, 6.07) is 6.08. The fourth-order valence-electron chi connectivity index (χ4n) is 5.36. The van der Waals surface area contributed by atoms with Crippen LogP contribution < -0.4 is 10.6 Å². The molecule has 1 aromatic carbocycles. The predicted molar refractivity (Wildman–Crippen MR) is 148 cm³/mol. The first kappa shape index (κ1) is 29.3. The lowest BCUT2D eigenvalue weighted by molar-refractivity contribution is -0.145. The third kappa shape index (κ3) is 6.91. The van der Waals surface area contributed by atoms with Gasteiger partial charge in [0.25, 0.3) is 0 Å². The molecule has 0 aromatic heterocycles. The van der Waals surface area contributed by atoms with Gasteiger partial charge in [-0.3, -0.25) is 9.59 Å². The average Bonchev–Trinajstić information content (AvgIpc) is 3.49. The Morgan fingerprint density at radius 2 is 2.15 bits per heavy atom. The first-order chi connectivity index (χ1) is 19.3. The molecule has 3 amide bonds. The topological polar surface area (TPSA) is 134 Å². The van der Waals surface area contributed by atoms with Crippen molar-refractivity contribution >= 4 is 30.0 Å². The Kier molecular flexibility index (Phi) is 9.63. The third-order valence-corrected chi connectivity index (χ3v) is 7.81. The summed E-state index contributed by atoms with van der Waals surface area (Å²) in [6.45, 7) is 6.30. The Labute approximate surface area is 234 Å². The maximum absolute atomic E-state index is 13.8. The molecule has 1 saturated heterocycles. The predicted octanol–water partition coefficient (Wildman–Crippen LogP) is 3.41. The maximum Gasteiger partial charge on any atom is 0.407 e. The molecule has 10 nitrogen and oxygen atoms in total. The van der Waals surface area contributed by atoms with Crippen LogP contribution in [0.3, 0.4) is 0 Å². The highest BCUT2D eigenvalue weighted by Crippen LogP contribution is 2.45. The van der Waals surface area contributed by atoms with Crippen LogP contribution in [0.4, 0.5) is 4.79 Å². The minimum atomic E-state index is -1.42. The summed E-state index contributed by atoms with van der Waals surface area (Å²) in [5.41, 5.74) is 0.554. The first-order valence-corrected chi connectivity index (χ1v) is 14.1. The largest absolute Gasteiger partial charge is 0.479 e. The second kappa shape index (κ2) is 13.1. The van der Waals surface area contributed by atoms with E-state index < -0.39 is 47.6 Å². The molecule has 4 rings (SSSR count). The number of carbonyl (C=O) groups excluding carboxylic acids is 3. The van der Waals surface area contributed by atoms with E-state index in [1.807, 2.05) is 43.3 Å². The summed E-state index contributed by atoms with van der Waals surface area (Å²) in [5, 5.41) is 15.2. The van der Waals surface area contributed by atoms with Crippen molar-refractivity contribution in [1.29, 1.82) is 0 Å². The van der Waals surface area contributed by atoms with Crippen molar-refractivity contribution in [3.05, 3.63) is 54.1 Å². The van der Waals surface area contributed by atoms with Crippen molar-refractivity contribution < 1.29 is 33.8 Å². The Morgan fingerprint density at radius 3 is 2.88 bits per heavy atom. The monoisotopic (exact) mass is 553 g/mol. The number of allylic oxidation sites excluding steroid dienone is 1. The van der Waals surface area contributed by atoms with Crippen molar-refractivity contribution in [3.63, 3.8) is 0 Å². The van der Waals surface area contributed by atoms with Gasteiger partial charge in [-0.25, -0.2) is 9.59 Å². The zero-order valence-corrected chi connectivity index (χ0v) is 23.0. The molecule has 5 atom stereocenters. The number of alkyl carbamates (subject to hydrolysis) is 1. The van der Waals surface area contributed by atoms with E-state index in [0.29, 0.717) is 25.9 Å². The fraction of sp³-hybridized carbons (Fsp3) is 0.533. The number of nitrogens with one attached hydrogen (secondary N) is 2. The quantitative estimate of drug-likeness (QED) is 0.441. The number of carbonyl (C=O) groups is 4. The van der Waals surface area contributed by atoms with Gasteiger partial charge in [-0.2, -0.15) is 0 Å². The van der Waals surface area contributed by atoms with E-state index in [9.17, 15) is 24.3 Å². The Hall–Kier alpha value is -3.66. The average molecular weight is 554 g/mol. The number of carboxylic acid groups (broad SMARTS) is 1. The number of nitrogens with zero attached hydrogens (tertiary/aromatic N) is 1. The summed E-state index contributed by atoms with van der Waals surface area (Å²) >= 11 is 0. The van der Waals surface area contributed by atoms with Crippen molar-refractivity contribution in [1.82, 2.24) is 15.5 Å². The van der Waals surface area contributed by atoms with Crippen molar-refractivity contribution in [3.8, 4) is 0 Å². The molecule has 3 aliphatic rings. The summed E-state index contributed by atoms with van der Waals surface area (Å²) < 4.78 is 11.5. The molecular weight excluding hydrogens is 514 g/mol. The van der Waals surface area contributed by atoms with Gasteiger partial charge >= 0.3 is 12.1 Å². The summed E-state index contributed by atoms with van der Waals surface area (Å²) in [4.78, 5) is 53.3. The van der Waals surface area contributed by atoms with Crippen LogP contribution in [0.5, 0.6) is 0 Å². The van der Waals surface area contributed by atoms with Crippen LogP contribution in [-0.4, -0.2) is 70.8 Å². The van der Waals surface area contributed by atoms with E-state index in [2.05, 4.69) is 17.2 Å². The summed E-state index contributed by atoms with van der Waals surface area (Å²) in [6.07, 6.45) is 8.11. The molecule has 40 heavy (non-hydrogen) atoms. The van der Waals surface area contributed by atoms with E-state index in [0.717, 1.165) is 24.0 Å². The van der Waals surface area contributed by atoms with Gasteiger partial charge in [0.15, 0.2) is 0 Å². The van der Waals surface area contributed by atoms with Gasteiger partial charge in [-0.1, -0.05) is 56.2 Å². The number of unbranched alkanes of at least 4 members (excludes halogenated alkanes) is 1. The van der Waals surface area contributed by atoms with Gasteiger partial charge in [0, 0.05) is 18.9 Å². The molecule has 2 aliphatic heterocycles. The minimum Gasteiger partial charge on any atom is -0.479 e. The Bertz CT molecular complexity index is 1150. The van der Waals surface area contributed by atoms with E-state index in [4.69, 9.17) is 9.47 Å². The first-order valence-electron chi connectivity index (χ1n) is 14.1. The maximum atomic E-state index is 13.8. The van der Waals surface area contributed by atoms with Crippen molar-refractivity contribution in [2.24, 2.45) is 5.92 Å². The number of carboxylic acids is 1. The zero-order chi connectivity index (χ0) is 28.7. The molecule has 4 bridgehead atoms. The molecule has 0 spiro atoms. The molecule has 1 aliphatic carbocycles. The van der Waals surface area contributed by atoms with Gasteiger partial charge in [0.1, 0.15) is 17.6 Å². The Morgan fingerprint density at radius 1 is 1.32 bits per heavy atom. The minimum absolute atomic E-state index is 0.140. The lowest BCUT2D eigenvalue weighted by atomic mass is 10.1. The zero-order valence-electron chi connectivity index (χ0n) is 23.0. The molecule has 216 valence electrons. The molecule has 2 heterocycles. The van der Waals surface area contributed by atoms with Crippen LogP contribution in [0.1, 0.15) is 63.0 Å². The van der Waals surface area contributed by atoms with Gasteiger partial charge < -0.3 is 30.1 Å². The fourth-order valence-corrected chi connectivity index (χ4v) is 5.36. The van der Waals surface area contributed by atoms with Crippen LogP contribution in [0.25, 0.3) is 6.08 Å². The van der Waals surface area contributed by atoms with E-state index in [1.165, 1.54) is 11.0 Å². The number of amides is 3. The standard InChI is InChI=1S/C30H39N3O7/c1-3-5-13-24-27(35)33-18-23(16-25(33)26(34)32-30(28(36)37)17-22(30)4-2)40-19-21-12-9-11-20(15-21)10-7-6-8-14-39-29(38)31-24/h4,7,9-12,15,22-25H,2-3,5-6,8,13-14,16-19H2,1H3,(H,31,38)(H,32,34)(H,36,37)/b10-7+/t22-,23-,24+,25+,30-/m1/s1. The highest BCUT2D eigenvalue weighted by atomic mass is 16.5. The molecular formula is C30H39N3O7. The Balaban J connectivity index is 1.59. The van der Waals surface area contributed by atoms with Gasteiger partial charge in [-0.15, -0.1) is 6.58 Å². The van der Waals surface area contributed by atoms with E-state index in [1.54, 1.807) is 0 Å². The number of aliphatic carboxylic acids is 1. The second-order valence-corrected chi connectivity index (χ2v) is 10.8. The van der Waals surface area contributed by atoms with Crippen LogP contribution >= 0.6 is 0 Å². The van der Waals surface area contributed by atoms with E-state index >= 15 is 0 Å². The molecule has 0 unspecified atom stereocenters. The van der Waals surface area contributed by atoms with Crippen LogP contribution in [-0.2, 0) is 30.5 Å². The second-order valence-electron chi connectivity index (χ2n) is 10.8. The van der Waals surface area contributed by atoms with Gasteiger partial charge in [0.05, 0.1) is 19.3 Å². The number of ether oxygens (including phenoxy) is 2. The van der Waals surface area contributed by atoms with E-state index in [-0.39, 0.29) is 31.9 Å². The number of cyclic esters (lactones) is 1. The van der Waals surface area contributed by atoms with Gasteiger partial charge in [0.2, 0.25) is 11.8 Å². The lowest BCUT2D eigenvalue weighted by Gasteiger charge is -2.29. The normalized spacial score (nSPS) is 29.8. The van der Waals surface area contributed by atoms with Crippen molar-refractivity contribution in [2.75, 3.05) is 13.2 Å². The number of hydrogen-bond acceptors (Lipinski definition) is 6. The molecule has 2 fully saturated rings. The van der Waals surface area contributed by atoms with Crippen LogP contribution in [0.15, 0.2) is 43.0 Å². The van der Waals surface area contributed by atoms with Gasteiger partial charge in [-0.05, 0) is 42.9 Å². The van der Waals surface area contributed by atoms with Crippen molar-refractivity contribution in [2.45, 2.75) is 82.2 Å². The molecule has 3 N–H and O–H groups in total. The number of fused-ring (bicyclic) bond motifs is 4. The highest BCUT2D eigenvalue weighted by molar-refractivity contribution is 5.96. The summed E-state index contributed by atoms with van der Waals surface area (Å²) in [5.74, 6) is -2.49. The number of rotatable bonds is 7. The van der Waals surface area contributed by atoms with Crippen LogP contribution in [0.2, 0.25) is 0 Å². The van der Waals surface area contributed by atoms with Crippen LogP contribution in [0, 0.1) is 5.92 Å². The number of hydrogen-bond donors (Lipinski definition) is 3. The summed E-state index contributed by atoms with van der Waals surface area (Å²) in [7, 11) is 0. The molecule has 1 aromatic rings.